The molecule has 9 nitrogen and oxygen atoms in total. The van der Waals surface area contributed by atoms with Crippen molar-refractivity contribution in [2.24, 2.45) is 0 Å². The highest BCUT2D eigenvalue weighted by molar-refractivity contribution is 7.89. The highest BCUT2D eigenvalue weighted by atomic mass is 32.2. The molecule has 1 fully saturated rings. The van der Waals surface area contributed by atoms with E-state index < -0.39 is 10.0 Å². The van der Waals surface area contributed by atoms with E-state index in [4.69, 9.17) is 4.98 Å². The third kappa shape index (κ3) is 6.05. The number of nitrogens with one attached hydrogen (secondary N) is 1. The molecule has 1 N–H and O–H groups in total. The number of imidazole rings is 1. The summed E-state index contributed by atoms with van der Waals surface area (Å²) in [5.74, 6) is -0.179. The largest absolute Gasteiger partial charge is 0.326 e. The summed E-state index contributed by atoms with van der Waals surface area (Å²) in [6, 6.07) is 28.0. The topological polar surface area (TPSA) is 104 Å². The van der Waals surface area contributed by atoms with Gasteiger partial charge in [-0.3, -0.25) is 14.5 Å². The van der Waals surface area contributed by atoms with E-state index in [0.29, 0.717) is 44.0 Å². The summed E-state index contributed by atoms with van der Waals surface area (Å²) in [6.07, 6.45) is 2.08. The standard InChI is InChI=1S/C34H33N5O4S/c1-24(40)26-8-10-27(11-9-26)29-12-17-33-36-34(28-6-4-3-5-7-28)32(39(33)22-29)23-37-18-20-38(21-19-37)44(42,43)31-15-13-30(14-16-31)35-25(2)41/h3-17,22H,18-21,23H2,1-2H3,(H,35,41). The SMILES string of the molecule is CC(=O)Nc1ccc(S(=O)(=O)N2CCN(Cc3c(-c4ccccc4)nc4ccc(-c5ccc(C(C)=O)cc5)cn34)CC2)cc1. The fourth-order valence-corrected chi connectivity index (χ4v) is 6.96. The van der Waals surface area contributed by atoms with Gasteiger partial charge in [-0.1, -0.05) is 54.6 Å². The Morgan fingerprint density at radius 1 is 0.773 bits per heavy atom. The van der Waals surface area contributed by atoms with Gasteiger partial charge in [-0.15, -0.1) is 0 Å². The van der Waals surface area contributed by atoms with Gasteiger partial charge in [0.1, 0.15) is 5.65 Å². The first-order valence-corrected chi connectivity index (χ1v) is 15.9. The molecule has 44 heavy (non-hydrogen) atoms. The van der Waals surface area contributed by atoms with E-state index in [2.05, 4.69) is 20.8 Å². The molecule has 1 amide bonds. The number of nitrogens with zero attached hydrogens (tertiary/aromatic N) is 4. The molecule has 1 aliphatic heterocycles. The van der Waals surface area contributed by atoms with E-state index in [-0.39, 0.29) is 16.6 Å². The molecule has 5 aromatic rings. The Morgan fingerprint density at radius 3 is 2.07 bits per heavy atom. The van der Waals surface area contributed by atoms with Gasteiger partial charge in [0.2, 0.25) is 15.9 Å². The van der Waals surface area contributed by atoms with Crippen LogP contribution in [0.15, 0.2) is 102 Å². The van der Waals surface area contributed by atoms with Crippen LogP contribution in [0.25, 0.3) is 28.0 Å². The zero-order valence-corrected chi connectivity index (χ0v) is 25.4. The first kappa shape index (κ1) is 29.4. The summed E-state index contributed by atoms with van der Waals surface area (Å²) in [6.45, 7) is 5.42. The van der Waals surface area contributed by atoms with E-state index in [1.807, 2.05) is 66.7 Å². The summed E-state index contributed by atoms with van der Waals surface area (Å²) >= 11 is 0. The summed E-state index contributed by atoms with van der Waals surface area (Å²) in [5, 5.41) is 2.66. The molecule has 0 unspecified atom stereocenters. The molecule has 10 heteroatoms. The monoisotopic (exact) mass is 607 g/mol. The number of amides is 1. The van der Waals surface area contributed by atoms with Crippen LogP contribution in [-0.2, 0) is 21.4 Å². The summed E-state index contributed by atoms with van der Waals surface area (Å²) in [5.41, 5.74) is 7.00. The number of sulfonamides is 1. The Kier molecular flexibility index (Phi) is 8.13. The lowest BCUT2D eigenvalue weighted by molar-refractivity contribution is -0.114. The fourth-order valence-electron chi connectivity index (χ4n) is 5.54. The maximum absolute atomic E-state index is 13.4. The van der Waals surface area contributed by atoms with Crippen LogP contribution in [0.1, 0.15) is 29.9 Å². The molecule has 224 valence electrons. The minimum Gasteiger partial charge on any atom is -0.326 e. The molecule has 3 heterocycles. The molecule has 1 aliphatic rings. The van der Waals surface area contributed by atoms with E-state index in [1.165, 1.54) is 23.4 Å². The average molecular weight is 608 g/mol. The van der Waals surface area contributed by atoms with Crippen molar-refractivity contribution in [3.63, 3.8) is 0 Å². The van der Waals surface area contributed by atoms with Gasteiger partial charge in [-0.25, -0.2) is 13.4 Å². The van der Waals surface area contributed by atoms with Gasteiger partial charge in [0.05, 0.1) is 16.3 Å². The maximum atomic E-state index is 13.4. The van der Waals surface area contributed by atoms with Crippen LogP contribution in [0.3, 0.4) is 0 Å². The van der Waals surface area contributed by atoms with Crippen molar-refractivity contribution >= 4 is 33.0 Å². The number of aromatic nitrogens is 2. The van der Waals surface area contributed by atoms with Crippen LogP contribution in [0.4, 0.5) is 5.69 Å². The van der Waals surface area contributed by atoms with Crippen LogP contribution >= 0.6 is 0 Å². The number of hydrogen-bond donors (Lipinski definition) is 1. The van der Waals surface area contributed by atoms with E-state index in [0.717, 1.165) is 33.7 Å². The Bertz CT molecular complexity index is 1930. The van der Waals surface area contributed by atoms with Crippen LogP contribution < -0.4 is 5.32 Å². The maximum Gasteiger partial charge on any atom is 0.243 e. The molecule has 0 bridgehead atoms. The number of ketones is 1. The molecular weight excluding hydrogens is 574 g/mol. The molecule has 1 saturated heterocycles. The normalized spacial score (nSPS) is 14.5. The molecule has 0 saturated carbocycles. The predicted octanol–water partition coefficient (Wildman–Crippen LogP) is 5.34. The lowest BCUT2D eigenvalue weighted by Gasteiger charge is -2.34. The number of pyridine rings is 1. The molecule has 0 atom stereocenters. The zero-order chi connectivity index (χ0) is 30.8. The number of hydrogen-bond acceptors (Lipinski definition) is 6. The Hall–Kier alpha value is -4.64. The number of fused-ring (bicyclic) bond motifs is 1. The highest BCUT2D eigenvalue weighted by Crippen LogP contribution is 2.29. The number of anilines is 1. The number of piperazine rings is 1. The van der Waals surface area contributed by atoms with Crippen molar-refractivity contribution in [2.45, 2.75) is 25.3 Å². The van der Waals surface area contributed by atoms with Crippen LogP contribution in [0.5, 0.6) is 0 Å². The van der Waals surface area contributed by atoms with E-state index in [9.17, 15) is 18.0 Å². The minimum atomic E-state index is -3.67. The van der Waals surface area contributed by atoms with Gasteiger partial charge >= 0.3 is 0 Å². The van der Waals surface area contributed by atoms with Crippen molar-refractivity contribution in [1.82, 2.24) is 18.6 Å². The second kappa shape index (κ2) is 12.2. The lowest BCUT2D eigenvalue weighted by atomic mass is 10.0. The Morgan fingerprint density at radius 2 is 1.43 bits per heavy atom. The summed E-state index contributed by atoms with van der Waals surface area (Å²) < 4.78 is 30.4. The fraction of sp³-hybridized carbons (Fsp3) is 0.206. The molecule has 2 aromatic heterocycles. The quantitative estimate of drug-likeness (QED) is 0.239. The van der Waals surface area contributed by atoms with Crippen LogP contribution in [-0.4, -0.2) is 64.9 Å². The molecular formula is C34H33N5O4S. The van der Waals surface area contributed by atoms with Crippen molar-refractivity contribution < 1.29 is 18.0 Å². The molecule has 0 radical (unpaired) electrons. The molecule has 0 spiro atoms. The summed E-state index contributed by atoms with van der Waals surface area (Å²) in [4.78, 5) is 30.5. The second-order valence-electron chi connectivity index (χ2n) is 10.9. The highest BCUT2D eigenvalue weighted by Gasteiger charge is 2.29. The third-order valence-electron chi connectivity index (χ3n) is 7.91. The number of benzene rings is 3. The van der Waals surface area contributed by atoms with Gasteiger partial charge in [0.15, 0.2) is 5.78 Å². The van der Waals surface area contributed by atoms with E-state index in [1.54, 1.807) is 19.1 Å². The van der Waals surface area contributed by atoms with Gasteiger partial charge in [-0.2, -0.15) is 4.31 Å². The smallest absolute Gasteiger partial charge is 0.243 e. The van der Waals surface area contributed by atoms with Crippen LogP contribution in [0.2, 0.25) is 0 Å². The number of carbonyl (C=O) groups excluding carboxylic acids is 2. The third-order valence-corrected chi connectivity index (χ3v) is 9.82. The second-order valence-corrected chi connectivity index (χ2v) is 12.9. The Labute approximate surface area is 256 Å². The summed E-state index contributed by atoms with van der Waals surface area (Å²) in [7, 11) is -3.67. The van der Waals surface area contributed by atoms with Gasteiger partial charge in [0, 0.05) is 62.7 Å². The molecule has 3 aromatic carbocycles. The average Bonchev–Trinajstić information content (AvgIpc) is 3.39. The predicted molar refractivity (Wildman–Crippen MR) is 171 cm³/mol. The first-order chi connectivity index (χ1) is 21.2. The Balaban J connectivity index is 1.25. The first-order valence-electron chi connectivity index (χ1n) is 14.5. The lowest BCUT2D eigenvalue weighted by Crippen LogP contribution is -2.48. The van der Waals surface area contributed by atoms with Crippen molar-refractivity contribution in [3.05, 3.63) is 108 Å². The number of rotatable bonds is 8. The van der Waals surface area contributed by atoms with Gasteiger partial charge in [0.25, 0.3) is 0 Å². The minimum absolute atomic E-state index is 0.0316. The van der Waals surface area contributed by atoms with E-state index >= 15 is 0 Å². The van der Waals surface area contributed by atoms with Crippen molar-refractivity contribution in [2.75, 3.05) is 31.5 Å². The number of carbonyl (C=O) groups is 2. The number of Topliss-reactive ketones (excluding diaryl/α,β-unsaturated/α-hetero) is 1. The zero-order valence-electron chi connectivity index (χ0n) is 24.6. The van der Waals surface area contributed by atoms with Crippen LogP contribution in [0, 0.1) is 0 Å². The molecule has 0 aliphatic carbocycles. The van der Waals surface area contributed by atoms with Crippen molar-refractivity contribution in [3.8, 4) is 22.4 Å². The van der Waals surface area contributed by atoms with Gasteiger partial charge < -0.3 is 9.72 Å². The molecule has 6 rings (SSSR count). The van der Waals surface area contributed by atoms with Gasteiger partial charge in [-0.05, 0) is 54.4 Å². The van der Waals surface area contributed by atoms with Crippen molar-refractivity contribution in [1.29, 1.82) is 0 Å².